The van der Waals surface area contributed by atoms with Crippen LogP contribution in [0.5, 0.6) is 0 Å². The Balaban J connectivity index is 2.62. The molecule has 0 saturated heterocycles. The summed E-state index contributed by atoms with van der Waals surface area (Å²) in [6.45, 7) is 2.55. The molecule has 0 aliphatic carbocycles. The van der Waals surface area contributed by atoms with Gasteiger partial charge in [0.15, 0.2) is 0 Å². The molecule has 0 aliphatic rings. The fourth-order valence-corrected chi connectivity index (χ4v) is 2.82. The van der Waals surface area contributed by atoms with Crippen molar-refractivity contribution in [3.63, 3.8) is 0 Å². The maximum Gasteiger partial charge on any atom is 0.218 e. The fourth-order valence-electron chi connectivity index (χ4n) is 1.39. The van der Waals surface area contributed by atoms with E-state index in [2.05, 4.69) is 15.9 Å². The van der Waals surface area contributed by atoms with E-state index in [9.17, 15) is 8.42 Å². The highest BCUT2D eigenvalue weighted by atomic mass is 79.9. The summed E-state index contributed by atoms with van der Waals surface area (Å²) in [5.41, 5.74) is 0.825. The average Bonchev–Trinajstić information content (AvgIpc) is 2.26. The summed E-state index contributed by atoms with van der Waals surface area (Å²) in [4.78, 5) is 0.330. The maximum absolute atomic E-state index is 12.0. The molecule has 1 aromatic carbocycles. The van der Waals surface area contributed by atoms with Crippen LogP contribution in [-0.2, 0) is 15.8 Å². The van der Waals surface area contributed by atoms with Gasteiger partial charge in [0.2, 0.25) is 10.0 Å². The van der Waals surface area contributed by atoms with Crippen LogP contribution >= 0.6 is 15.9 Å². The molecule has 17 heavy (non-hydrogen) atoms. The van der Waals surface area contributed by atoms with E-state index in [-0.39, 0.29) is 5.75 Å². The van der Waals surface area contributed by atoms with Crippen molar-refractivity contribution in [1.29, 1.82) is 0 Å². The lowest BCUT2D eigenvalue weighted by Gasteiger charge is -2.17. The molecular formula is C12H18BrNO2S. The number of halogens is 1. The van der Waals surface area contributed by atoms with Gasteiger partial charge in [-0.05, 0) is 12.0 Å². The van der Waals surface area contributed by atoms with Crippen LogP contribution < -0.4 is 0 Å². The van der Waals surface area contributed by atoms with Crippen LogP contribution in [0.3, 0.4) is 0 Å². The molecule has 0 fully saturated rings. The van der Waals surface area contributed by atoms with Gasteiger partial charge in [0.1, 0.15) is 0 Å². The van der Waals surface area contributed by atoms with Gasteiger partial charge >= 0.3 is 0 Å². The number of hydrogen-bond acceptors (Lipinski definition) is 2. The molecule has 1 unspecified atom stereocenters. The van der Waals surface area contributed by atoms with E-state index in [1.54, 1.807) is 7.05 Å². The third-order valence-electron chi connectivity index (χ3n) is 2.51. The van der Waals surface area contributed by atoms with Gasteiger partial charge in [-0.2, -0.15) is 0 Å². The molecule has 0 bridgehead atoms. The van der Waals surface area contributed by atoms with Gasteiger partial charge in [0.05, 0.1) is 5.75 Å². The molecule has 0 N–H and O–H groups in total. The minimum atomic E-state index is -3.20. The first-order valence-corrected chi connectivity index (χ1v) is 8.06. The van der Waals surface area contributed by atoms with E-state index in [4.69, 9.17) is 0 Å². The quantitative estimate of drug-likeness (QED) is 0.756. The first kappa shape index (κ1) is 14.7. The summed E-state index contributed by atoms with van der Waals surface area (Å²) in [6, 6.07) is 9.25. The van der Waals surface area contributed by atoms with Gasteiger partial charge in [-0.15, -0.1) is 0 Å². The highest BCUT2D eigenvalue weighted by molar-refractivity contribution is 9.09. The molecule has 0 spiro atoms. The summed E-state index contributed by atoms with van der Waals surface area (Å²) in [5, 5.41) is 0. The van der Waals surface area contributed by atoms with Crippen LogP contribution in [-0.4, -0.2) is 31.1 Å². The molecule has 0 aliphatic heterocycles. The highest BCUT2D eigenvalue weighted by Gasteiger charge is 2.18. The molecule has 5 heteroatoms. The van der Waals surface area contributed by atoms with Gasteiger partial charge in [-0.25, -0.2) is 12.7 Å². The summed E-state index contributed by atoms with van der Waals surface area (Å²) < 4.78 is 25.5. The number of alkyl halides is 1. The van der Waals surface area contributed by atoms with Crippen LogP contribution in [0.1, 0.15) is 18.9 Å². The van der Waals surface area contributed by atoms with Gasteiger partial charge in [-0.3, -0.25) is 0 Å². The predicted octanol–water partition coefficient (Wildman–Crippen LogP) is 2.62. The summed E-state index contributed by atoms with van der Waals surface area (Å²) in [6.07, 6.45) is 0.810. The molecule has 3 nitrogen and oxygen atoms in total. The molecular weight excluding hydrogens is 302 g/mol. The molecule has 1 atom stereocenters. The van der Waals surface area contributed by atoms with E-state index < -0.39 is 10.0 Å². The third-order valence-corrected chi connectivity index (χ3v) is 4.80. The van der Waals surface area contributed by atoms with Crippen LogP contribution in [0.2, 0.25) is 0 Å². The Kier molecular flexibility index (Phi) is 5.62. The van der Waals surface area contributed by atoms with Crippen molar-refractivity contribution >= 4 is 26.0 Å². The minimum Gasteiger partial charge on any atom is -0.212 e. The lowest BCUT2D eigenvalue weighted by Crippen LogP contribution is -2.30. The van der Waals surface area contributed by atoms with Gasteiger partial charge in [-0.1, -0.05) is 53.2 Å². The topological polar surface area (TPSA) is 37.4 Å². The van der Waals surface area contributed by atoms with Crippen LogP contribution in [0.25, 0.3) is 0 Å². The first-order valence-electron chi connectivity index (χ1n) is 5.54. The Hall–Kier alpha value is -0.390. The van der Waals surface area contributed by atoms with Gasteiger partial charge in [0, 0.05) is 18.4 Å². The molecule has 0 amide bonds. The maximum atomic E-state index is 12.0. The molecule has 1 aromatic rings. The summed E-state index contributed by atoms with van der Waals surface area (Å²) in [7, 11) is -1.56. The monoisotopic (exact) mass is 319 g/mol. The Labute approximate surface area is 112 Å². The third kappa shape index (κ3) is 5.19. The number of rotatable bonds is 6. The van der Waals surface area contributed by atoms with Gasteiger partial charge < -0.3 is 0 Å². The molecule has 0 aromatic heterocycles. The Morgan fingerprint density at radius 2 is 1.88 bits per heavy atom. The van der Waals surface area contributed by atoms with E-state index >= 15 is 0 Å². The van der Waals surface area contributed by atoms with Gasteiger partial charge in [0.25, 0.3) is 0 Å². The number of sulfonamides is 1. The van der Waals surface area contributed by atoms with Crippen molar-refractivity contribution < 1.29 is 8.42 Å². The van der Waals surface area contributed by atoms with E-state index in [0.29, 0.717) is 11.4 Å². The van der Waals surface area contributed by atoms with Crippen LogP contribution in [0, 0.1) is 0 Å². The van der Waals surface area contributed by atoms with Crippen molar-refractivity contribution in [2.75, 3.05) is 13.6 Å². The molecule has 1 rings (SSSR count). The summed E-state index contributed by atoms with van der Waals surface area (Å²) >= 11 is 3.41. The zero-order valence-corrected chi connectivity index (χ0v) is 12.5. The lowest BCUT2D eigenvalue weighted by atomic mass is 10.2. The predicted molar refractivity (Wildman–Crippen MR) is 74.7 cm³/mol. The van der Waals surface area contributed by atoms with Crippen LogP contribution in [0.4, 0.5) is 0 Å². The highest BCUT2D eigenvalue weighted by Crippen LogP contribution is 2.11. The zero-order valence-electron chi connectivity index (χ0n) is 10.1. The van der Waals surface area contributed by atoms with Crippen molar-refractivity contribution in [3.05, 3.63) is 35.9 Å². The van der Waals surface area contributed by atoms with E-state index in [0.717, 1.165) is 12.0 Å². The first-order chi connectivity index (χ1) is 7.92. The standard InChI is InChI=1S/C12H18BrNO2S/c1-11(13)8-9-14(2)17(15,16)10-12-6-4-3-5-7-12/h3-7,11H,8-10H2,1-2H3. The smallest absolute Gasteiger partial charge is 0.212 e. The second kappa shape index (κ2) is 6.52. The minimum absolute atomic E-state index is 0.0704. The number of hydrogen-bond donors (Lipinski definition) is 0. The molecule has 0 heterocycles. The summed E-state index contributed by atoms with van der Waals surface area (Å²) in [5.74, 6) is 0.0704. The van der Waals surface area contributed by atoms with E-state index in [1.807, 2.05) is 37.3 Å². The Morgan fingerprint density at radius 3 is 2.41 bits per heavy atom. The van der Waals surface area contributed by atoms with Crippen LogP contribution in [0.15, 0.2) is 30.3 Å². The fraction of sp³-hybridized carbons (Fsp3) is 0.500. The average molecular weight is 320 g/mol. The lowest BCUT2D eigenvalue weighted by molar-refractivity contribution is 0.461. The molecule has 0 radical (unpaired) electrons. The Bertz CT molecular complexity index is 431. The van der Waals surface area contributed by atoms with Crippen molar-refractivity contribution in [2.45, 2.75) is 23.9 Å². The number of benzene rings is 1. The van der Waals surface area contributed by atoms with Crippen molar-refractivity contribution in [3.8, 4) is 0 Å². The zero-order chi connectivity index (χ0) is 12.9. The molecule has 0 saturated carbocycles. The normalized spacial score (nSPS) is 13.9. The second-order valence-electron chi connectivity index (χ2n) is 4.13. The van der Waals surface area contributed by atoms with Crippen molar-refractivity contribution in [1.82, 2.24) is 4.31 Å². The molecule has 96 valence electrons. The van der Waals surface area contributed by atoms with Crippen molar-refractivity contribution in [2.24, 2.45) is 0 Å². The second-order valence-corrected chi connectivity index (χ2v) is 7.77. The largest absolute Gasteiger partial charge is 0.218 e. The Morgan fingerprint density at radius 1 is 1.29 bits per heavy atom. The van der Waals surface area contributed by atoms with E-state index in [1.165, 1.54) is 4.31 Å². The SMILES string of the molecule is CC(Br)CCN(C)S(=O)(=O)Cc1ccccc1. The number of nitrogens with zero attached hydrogens (tertiary/aromatic N) is 1.